The number of halogens is 1. The van der Waals surface area contributed by atoms with Crippen LogP contribution in [0.1, 0.15) is 50.7 Å². The Balaban J connectivity index is 2.09. The highest BCUT2D eigenvalue weighted by molar-refractivity contribution is 6.30. The van der Waals surface area contributed by atoms with Gasteiger partial charge in [-0.1, -0.05) is 43.9 Å². The van der Waals surface area contributed by atoms with Crippen molar-refractivity contribution < 1.29 is 9.84 Å². The summed E-state index contributed by atoms with van der Waals surface area (Å²) in [6.07, 6.45) is 5.48. The minimum absolute atomic E-state index is 0.345. The van der Waals surface area contributed by atoms with Crippen molar-refractivity contribution in [2.45, 2.75) is 45.1 Å². The third-order valence-electron chi connectivity index (χ3n) is 4.43. The number of hydrogen-bond acceptors (Lipinski definition) is 2. The lowest BCUT2D eigenvalue weighted by molar-refractivity contribution is 0.0709. The van der Waals surface area contributed by atoms with Crippen LogP contribution < -0.4 is 4.74 Å². The minimum Gasteiger partial charge on any atom is -0.496 e. The third kappa shape index (κ3) is 3.43. The number of hydrogen-bond donors (Lipinski definition) is 1. The van der Waals surface area contributed by atoms with Crippen molar-refractivity contribution in [3.63, 3.8) is 0 Å². The summed E-state index contributed by atoms with van der Waals surface area (Å²) in [5.41, 5.74) is 0.867. The summed E-state index contributed by atoms with van der Waals surface area (Å²) in [6.45, 7) is 2.25. The molecule has 1 unspecified atom stereocenters. The molecule has 0 radical (unpaired) electrons. The van der Waals surface area contributed by atoms with Gasteiger partial charge >= 0.3 is 0 Å². The van der Waals surface area contributed by atoms with Crippen molar-refractivity contribution in [1.29, 1.82) is 0 Å². The fraction of sp³-hybridized carbons (Fsp3) is 0.625. The van der Waals surface area contributed by atoms with Gasteiger partial charge in [0.25, 0.3) is 0 Å². The van der Waals surface area contributed by atoms with Crippen LogP contribution in [0.4, 0.5) is 0 Å². The Bertz CT molecular complexity index is 411. The maximum atomic E-state index is 10.6. The van der Waals surface area contributed by atoms with Gasteiger partial charge in [-0.2, -0.15) is 0 Å². The summed E-state index contributed by atoms with van der Waals surface area (Å²) in [5, 5.41) is 11.2. The summed E-state index contributed by atoms with van der Waals surface area (Å²) in [6, 6.07) is 5.48. The molecule has 1 atom stereocenters. The number of aliphatic hydroxyl groups excluding tert-OH is 1. The van der Waals surface area contributed by atoms with Crippen molar-refractivity contribution in [2.24, 2.45) is 11.8 Å². The molecule has 1 aromatic rings. The highest BCUT2D eigenvalue weighted by Gasteiger charge is 2.28. The van der Waals surface area contributed by atoms with Crippen molar-refractivity contribution in [3.8, 4) is 5.75 Å². The van der Waals surface area contributed by atoms with Crippen LogP contribution in [0.15, 0.2) is 18.2 Å². The van der Waals surface area contributed by atoms with Gasteiger partial charge < -0.3 is 9.84 Å². The fourth-order valence-corrected chi connectivity index (χ4v) is 3.26. The molecule has 0 amide bonds. The molecule has 0 heterocycles. The predicted molar refractivity (Wildman–Crippen MR) is 78.7 cm³/mol. The molecule has 1 saturated carbocycles. The van der Waals surface area contributed by atoms with Gasteiger partial charge in [0, 0.05) is 10.6 Å². The van der Waals surface area contributed by atoms with Gasteiger partial charge in [-0.15, -0.1) is 0 Å². The second-order valence-electron chi connectivity index (χ2n) is 5.52. The molecule has 0 aliphatic heterocycles. The summed E-state index contributed by atoms with van der Waals surface area (Å²) in [7, 11) is 1.62. The lowest BCUT2D eigenvalue weighted by Crippen LogP contribution is -2.20. The first-order valence-electron chi connectivity index (χ1n) is 7.17. The average molecular weight is 283 g/mol. The Hall–Kier alpha value is -0.730. The van der Waals surface area contributed by atoms with E-state index in [9.17, 15) is 5.11 Å². The zero-order chi connectivity index (χ0) is 13.8. The molecule has 1 aliphatic carbocycles. The van der Waals surface area contributed by atoms with Gasteiger partial charge in [0.15, 0.2) is 0 Å². The van der Waals surface area contributed by atoms with Gasteiger partial charge in [-0.25, -0.2) is 0 Å². The van der Waals surface area contributed by atoms with Gasteiger partial charge in [-0.05, 0) is 36.8 Å². The molecule has 2 nitrogen and oxygen atoms in total. The maximum Gasteiger partial charge on any atom is 0.126 e. The Labute approximate surface area is 120 Å². The molecule has 0 bridgehead atoms. The predicted octanol–water partition coefficient (Wildman–Crippen LogP) is 4.60. The fourth-order valence-electron chi connectivity index (χ4n) is 3.10. The van der Waals surface area contributed by atoms with Gasteiger partial charge in [0.1, 0.15) is 5.75 Å². The van der Waals surface area contributed by atoms with Crippen LogP contribution in [-0.2, 0) is 0 Å². The molecule has 3 heteroatoms. The number of aliphatic hydroxyl groups is 1. The molecule has 106 valence electrons. The second-order valence-corrected chi connectivity index (χ2v) is 5.96. The second kappa shape index (κ2) is 6.62. The van der Waals surface area contributed by atoms with Crippen LogP contribution in [0.25, 0.3) is 0 Å². The van der Waals surface area contributed by atoms with Crippen LogP contribution in [-0.4, -0.2) is 12.2 Å². The molecule has 19 heavy (non-hydrogen) atoms. The minimum atomic E-state index is -0.440. The number of rotatable bonds is 4. The number of methoxy groups -OCH3 is 1. The van der Waals surface area contributed by atoms with Crippen LogP contribution in [0, 0.1) is 11.8 Å². The molecule has 2 rings (SSSR count). The number of benzene rings is 1. The maximum absolute atomic E-state index is 10.6. The van der Waals surface area contributed by atoms with Crippen molar-refractivity contribution in [2.75, 3.05) is 7.11 Å². The van der Waals surface area contributed by atoms with Gasteiger partial charge in [0.05, 0.1) is 13.2 Å². The van der Waals surface area contributed by atoms with E-state index in [1.165, 1.54) is 19.3 Å². The molecule has 0 aromatic heterocycles. The van der Waals surface area contributed by atoms with E-state index < -0.39 is 6.10 Å². The van der Waals surface area contributed by atoms with Gasteiger partial charge in [0.2, 0.25) is 0 Å². The SMILES string of the molecule is CCC1CCC(C(O)c2ccc(Cl)cc2OC)CC1. The first kappa shape index (κ1) is 14.7. The first-order valence-corrected chi connectivity index (χ1v) is 7.55. The van der Waals surface area contributed by atoms with Crippen molar-refractivity contribution in [1.82, 2.24) is 0 Å². The number of ether oxygens (including phenoxy) is 1. The molecule has 0 saturated heterocycles. The van der Waals surface area contributed by atoms with E-state index >= 15 is 0 Å². The quantitative estimate of drug-likeness (QED) is 0.875. The Morgan fingerprint density at radius 1 is 1.32 bits per heavy atom. The molecule has 1 fully saturated rings. The smallest absolute Gasteiger partial charge is 0.126 e. The van der Waals surface area contributed by atoms with Crippen molar-refractivity contribution >= 4 is 11.6 Å². The molecule has 1 N–H and O–H groups in total. The van der Waals surface area contributed by atoms with E-state index in [0.29, 0.717) is 16.7 Å². The summed E-state index contributed by atoms with van der Waals surface area (Å²) in [5.74, 6) is 1.88. The van der Waals surface area contributed by atoms with Gasteiger partial charge in [-0.3, -0.25) is 0 Å². The van der Waals surface area contributed by atoms with E-state index in [2.05, 4.69) is 6.92 Å². The van der Waals surface area contributed by atoms with Crippen LogP contribution >= 0.6 is 11.6 Å². The standard InChI is InChI=1S/C16H23ClO2/c1-3-11-4-6-12(7-5-11)16(18)14-9-8-13(17)10-15(14)19-2/h8-12,16,18H,3-7H2,1-2H3. The summed E-state index contributed by atoms with van der Waals surface area (Å²) < 4.78 is 5.34. The Kier molecular flexibility index (Phi) is 5.12. The van der Waals surface area contributed by atoms with Crippen LogP contribution in [0.5, 0.6) is 5.75 Å². The Morgan fingerprint density at radius 3 is 2.58 bits per heavy atom. The average Bonchev–Trinajstić information content (AvgIpc) is 2.46. The normalized spacial score (nSPS) is 25.1. The van der Waals surface area contributed by atoms with E-state index in [-0.39, 0.29) is 0 Å². The zero-order valence-corrected chi connectivity index (χ0v) is 12.5. The lowest BCUT2D eigenvalue weighted by Gasteiger charge is -2.31. The zero-order valence-electron chi connectivity index (χ0n) is 11.7. The highest BCUT2D eigenvalue weighted by atomic mass is 35.5. The molecule has 0 spiro atoms. The van der Waals surface area contributed by atoms with E-state index in [4.69, 9.17) is 16.3 Å². The third-order valence-corrected chi connectivity index (χ3v) is 4.66. The molecule has 1 aliphatic rings. The van der Waals surface area contributed by atoms with E-state index in [1.54, 1.807) is 13.2 Å². The molecule has 1 aromatic carbocycles. The highest BCUT2D eigenvalue weighted by Crippen LogP contribution is 2.40. The lowest BCUT2D eigenvalue weighted by atomic mass is 9.77. The monoisotopic (exact) mass is 282 g/mol. The first-order chi connectivity index (χ1) is 9.15. The Morgan fingerprint density at radius 2 is 2.00 bits per heavy atom. The van der Waals surface area contributed by atoms with Crippen LogP contribution in [0.2, 0.25) is 5.02 Å². The van der Waals surface area contributed by atoms with Crippen molar-refractivity contribution in [3.05, 3.63) is 28.8 Å². The molecular formula is C16H23ClO2. The topological polar surface area (TPSA) is 29.5 Å². The molecular weight excluding hydrogens is 260 g/mol. The van der Waals surface area contributed by atoms with E-state index in [0.717, 1.165) is 24.3 Å². The summed E-state index contributed by atoms with van der Waals surface area (Å²) in [4.78, 5) is 0. The van der Waals surface area contributed by atoms with E-state index in [1.807, 2.05) is 12.1 Å². The van der Waals surface area contributed by atoms with Crippen LogP contribution in [0.3, 0.4) is 0 Å². The largest absolute Gasteiger partial charge is 0.496 e. The summed E-state index contributed by atoms with van der Waals surface area (Å²) >= 11 is 5.96.